The standard InChI is InChI=1S/C21H32O10S2/c1-12(22)28-18-17(11-33-16(5)26)31-21(27-9-7-6-8-10-32-15(4)25)20(30-14(3)24)19(18)29-13(2)23/h17-21H,6-11H2,1-5H3. The highest BCUT2D eigenvalue weighted by atomic mass is 32.2. The van der Waals surface area contributed by atoms with Gasteiger partial charge in [-0.1, -0.05) is 29.9 Å². The molecule has 1 rings (SSSR count). The van der Waals surface area contributed by atoms with Crippen molar-refractivity contribution in [3.05, 3.63) is 0 Å². The molecule has 5 atom stereocenters. The Bertz CT molecular complexity index is 699. The zero-order chi connectivity index (χ0) is 25.0. The first kappa shape index (κ1) is 29.4. The highest BCUT2D eigenvalue weighted by molar-refractivity contribution is 8.13. The molecule has 0 aromatic rings. The largest absolute Gasteiger partial charge is 0.456 e. The lowest BCUT2D eigenvalue weighted by Gasteiger charge is -2.44. The third kappa shape index (κ3) is 11.9. The van der Waals surface area contributed by atoms with Crippen LogP contribution in [0, 0.1) is 0 Å². The fourth-order valence-electron chi connectivity index (χ4n) is 3.12. The summed E-state index contributed by atoms with van der Waals surface area (Å²) in [5, 5.41) is -0.105. The molecule has 0 bridgehead atoms. The average molecular weight is 509 g/mol. The second kappa shape index (κ2) is 15.3. The molecule has 1 heterocycles. The molecule has 0 aliphatic carbocycles. The second-order valence-electron chi connectivity index (χ2n) is 7.34. The maximum absolute atomic E-state index is 11.8. The van der Waals surface area contributed by atoms with Crippen molar-refractivity contribution < 1.29 is 47.7 Å². The monoisotopic (exact) mass is 508 g/mol. The molecular formula is C21H32O10S2. The molecule has 0 aromatic carbocycles. The van der Waals surface area contributed by atoms with Crippen LogP contribution in [0.1, 0.15) is 53.9 Å². The third-order valence-corrected chi connectivity index (χ3v) is 6.13. The number of carbonyl (C=O) groups is 5. The maximum atomic E-state index is 11.8. The normalized spacial score (nSPS) is 24.6. The molecule has 5 unspecified atom stereocenters. The van der Waals surface area contributed by atoms with E-state index in [-0.39, 0.29) is 22.6 Å². The molecule has 1 fully saturated rings. The Morgan fingerprint density at radius 2 is 1.24 bits per heavy atom. The van der Waals surface area contributed by atoms with Gasteiger partial charge in [0, 0.05) is 52.7 Å². The van der Waals surface area contributed by atoms with Crippen molar-refractivity contribution in [2.24, 2.45) is 0 Å². The van der Waals surface area contributed by atoms with Crippen LogP contribution < -0.4 is 0 Å². The molecule has 12 heteroatoms. The van der Waals surface area contributed by atoms with E-state index in [9.17, 15) is 24.0 Å². The molecule has 0 spiro atoms. The first-order valence-electron chi connectivity index (χ1n) is 10.6. The third-order valence-electron chi connectivity index (χ3n) is 4.32. The fraction of sp³-hybridized carbons (Fsp3) is 0.762. The highest BCUT2D eigenvalue weighted by Gasteiger charge is 2.52. The van der Waals surface area contributed by atoms with Gasteiger partial charge < -0.3 is 23.7 Å². The van der Waals surface area contributed by atoms with E-state index in [0.717, 1.165) is 24.6 Å². The van der Waals surface area contributed by atoms with Gasteiger partial charge in [0.25, 0.3) is 0 Å². The Morgan fingerprint density at radius 3 is 1.79 bits per heavy atom. The number of thioether (sulfide) groups is 2. The van der Waals surface area contributed by atoms with Crippen LogP contribution in [-0.4, -0.2) is 77.0 Å². The van der Waals surface area contributed by atoms with Gasteiger partial charge in [0.1, 0.15) is 6.10 Å². The lowest BCUT2D eigenvalue weighted by Crippen LogP contribution is -2.62. The molecule has 0 radical (unpaired) electrons. The zero-order valence-corrected chi connectivity index (χ0v) is 21.2. The highest BCUT2D eigenvalue weighted by Crippen LogP contribution is 2.31. The van der Waals surface area contributed by atoms with Crippen molar-refractivity contribution in [2.45, 2.75) is 84.6 Å². The summed E-state index contributed by atoms with van der Waals surface area (Å²) >= 11 is 2.22. The van der Waals surface area contributed by atoms with Crippen molar-refractivity contribution in [1.29, 1.82) is 0 Å². The Labute approximate surface area is 202 Å². The zero-order valence-electron chi connectivity index (χ0n) is 19.5. The minimum atomic E-state index is -1.18. The summed E-state index contributed by atoms with van der Waals surface area (Å²) < 4.78 is 27.9. The van der Waals surface area contributed by atoms with Crippen LogP contribution in [0.2, 0.25) is 0 Å². The average Bonchev–Trinajstić information content (AvgIpc) is 2.68. The lowest BCUT2D eigenvalue weighted by molar-refractivity contribution is -0.300. The van der Waals surface area contributed by atoms with E-state index < -0.39 is 48.6 Å². The van der Waals surface area contributed by atoms with Gasteiger partial charge in [-0.15, -0.1) is 0 Å². The Balaban J connectivity index is 2.98. The summed E-state index contributed by atoms with van der Waals surface area (Å²) in [5.74, 6) is -1.15. The first-order chi connectivity index (χ1) is 15.5. The molecule has 188 valence electrons. The van der Waals surface area contributed by atoms with Gasteiger partial charge in [-0.05, 0) is 12.8 Å². The van der Waals surface area contributed by atoms with Crippen LogP contribution in [0.3, 0.4) is 0 Å². The Hall–Kier alpha value is -1.63. The van der Waals surface area contributed by atoms with E-state index in [4.69, 9.17) is 23.7 Å². The van der Waals surface area contributed by atoms with Gasteiger partial charge in [-0.3, -0.25) is 24.0 Å². The number of carbonyl (C=O) groups excluding carboxylic acids is 5. The van der Waals surface area contributed by atoms with Crippen LogP contribution in [-0.2, 0) is 47.7 Å². The molecule has 0 amide bonds. The van der Waals surface area contributed by atoms with Crippen molar-refractivity contribution >= 4 is 51.7 Å². The SMILES string of the molecule is CC(=O)OC1C(CSC(C)=O)OC(OCCCCCSC(C)=O)C(OC(C)=O)C1OC(C)=O. The van der Waals surface area contributed by atoms with Crippen LogP contribution in [0.4, 0.5) is 0 Å². The number of hydrogen-bond acceptors (Lipinski definition) is 12. The smallest absolute Gasteiger partial charge is 0.303 e. The molecule has 10 nitrogen and oxygen atoms in total. The number of ether oxygens (including phenoxy) is 5. The molecule has 1 aliphatic heterocycles. The summed E-state index contributed by atoms with van der Waals surface area (Å²) in [6.07, 6.45) is -3.13. The summed E-state index contributed by atoms with van der Waals surface area (Å²) in [6.45, 7) is 6.72. The molecular weight excluding hydrogens is 476 g/mol. The van der Waals surface area contributed by atoms with Gasteiger partial charge in [0.15, 0.2) is 34.8 Å². The molecule has 0 N–H and O–H groups in total. The van der Waals surface area contributed by atoms with Crippen LogP contribution >= 0.6 is 23.5 Å². The predicted octanol–water partition coefficient (Wildman–Crippen LogP) is 2.25. The number of rotatable bonds is 12. The maximum Gasteiger partial charge on any atom is 0.303 e. The van der Waals surface area contributed by atoms with Crippen LogP contribution in [0.15, 0.2) is 0 Å². The minimum absolute atomic E-state index is 0.0689. The Kier molecular flexibility index (Phi) is 13.6. The summed E-state index contributed by atoms with van der Waals surface area (Å²) in [6, 6.07) is 0. The summed E-state index contributed by atoms with van der Waals surface area (Å²) in [7, 11) is 0. The fourth-order valence-corrected chi connectivity index (χ4v) is 4.42. The van der Waals surface area contributed by atoms with E-state index in [1.54, 1.807) is 0 Å². The van der Waals surface area contributed by atoms with Gasteiger partial charge in [0.2, 0.25) is 0 Å². The molecule has 0 aromatic heterocycles. The Morgan fingerprint density at radius 1 is 0.697 bits per heavy atom. The van der Waals surface area contributed by atoms with E-state index in [2.05, 4.69) is 0 Å². The van der Waals surface area contributed by atoms with Crippen molar-refractivity contribution in [1.82, 2.24) is 0 Å². The quantitative estimate of drug-likeness (QED) is 0.218. The van der Waals surface area contributed by atoms with Crippen molar-refractivity contribution in [2.75, 3.05) is 18.1 Å². The number of unbranched alkanes of at least 4 members (excludes halogenated alkanes) is 2. The van der Waals surface area contributed by atoms with Crippen LogP contribution in [0.25, 0.3) is 0 Å². The molecule has 1 aliphatic rings. The molecule has 0 saturated carbocycles. The second-order valence-corrected chi connectivity index (χ2v) is 9.81. The van der Waals surface area contributed by atoms with E-state index in [1.807, 2.05) is 0 Å². The topological polar surface area (TPSA) is 132 Å². The van der Waals surface area contributed by atoms with E-state index in [0.29, 0.717) is 12.2 Å². The number of hydrogen-bond donors (Lipinski definition) is 0. The molecule has 33 heavy (non-hydrogen) atoms. The van der Waals surface area contributed by atoms with Gasteiger partial charge in [-0.2, -0.15) is 0 Å². The molecule has 1 saturated heterocycles. The van der Waals surface area contributed by atoms with E-state index in [1.165, 1.54) is 46.4 Å². The lowest BCUT2D eigenvalue weighted by atomic mass is 9.98. The van der Waals surface area contributed by atoms with Crippen molar-refractivity contribution in [3.8, 4) is 0 Å². The van der Waals surface area contributed by atoms with Crippen molar-refractivity contribution in [3.63, 3.8) is 0 Å². The summed E-state index contributed by atoms with van der Waals surface area (Å²) in [5.41, 5.74) is 0. The van der Waals surface area contributed by atoms with Gasteiger partial charge in [-0.25, -0.2) is 0 Å². The van der Waals surface area contributed by atoms with Gasteiger partial charge >= 0.3 is 17.9 Å². The minimum Gasteiger partial charge on any atom is -0.456 e. The predicted molar refractivity (Wildman–Crippen MR) is 121 cm³/mol. The first-order valence-corrected chi connectivity index (χ1v) is 12.5. The summed E-state index contributed by atoms with van der Waals surface area (Å²) in [4.78, 5) is 57.7. The van der Waals surface area contributed by atoms with Gasteiger partial charge in [0.05, 0.1) is 0 Å². The van der Waals surface area contributed by atoms with Crippen LogP contribution in [0.5, 0.6) is 0 Å². The number of esters is 3. The van der Waals surface area contributed by atoms with E-state index >= 15 is 0 Å².